The summed E-state index contributed by atoms with van der Waals surface area (Å²) in [5.74, 6) is -1.03. The highest BCUT2D eigenvalue weighted by atomic mass is 16.6. The van der Waals surface area contributed by atoms with E-state index in [-0.39, 0.29) is 25.2 Å². The minimum absolute atomic E-state index is 0.0554. The van der Waals surface area contributed by atoms with E-state index in [1.165, 1.54) is 0 Å². The number of nitrogens with one attached hydrogen (secondary N) is 1. The summed E-state index contributed by atoms with van der Waals surface area (Å²) in [5, 5.41) is 2.64. The van der Waals surface area contributed by atoms with Crippen LogP contribution in [0.4, 0.5) is 4.79 Å². The third-order valence-electron chi connectivity index (χ3n) is 3.69. The lowest BCUT2D eigenvalue weighted by atomic mass is 9.96. The summed E-state index contributed by atoms with van der Waals surface area (Å²) in [6.45, 7) is 12.3. The zero-order valence-electron chi connectivity index (χ0n) is 17.0. The molecular weight excluding hydrogens is 340 g/mol. The number of likely N-dealkylation sites (tertiary alicyclic amines) is 1. The fourth-order valence-corrected chi connectivity index (χ4v) is 2.78. The smallest absolute Gasteiger partial charge is 0.408 e. The summed E-state index contributed by atoms with van der Waals surface area (Å²) in [6, 6.07) is -0.660. The standard InChI is InChI=1S/C18H32N2O6/c1-11(2)24-14(21)13-9-18(10-20(13)8,15(22)25-12(3)4)19-16(23)26-17(5,6)7/h11-13H,9-10H2,1-8H3,(H,19,23)/t13-,18+/m0/s1. The molecule has 1 amide bonds. The summed E-state index contributed by atoms with van der Waals surface area (Å²) in [7, 11) is 1.70. The molecule has 0 radical (unpaired) electrons. The average molecular weight is 372 g/mol. The van der Waals surface area contributed by atoms with Crippen LogP contribution in [0.5, 0.6) is 0 Å². The first-order valence-corrected chi connectivity index (χ1v) is 8.89. The molecule has 1 heterocycles. The third kappa shape index (κ3) is 6.16. The molecule has 1 rings (SSSR count). The van der Waals surface area contributed by atoms with Crippen molar-refractivity contribution in [3.05, 3.63) is 0 Å². The molecular formula is C18H32N2O6. The van der Waals surface area contributed by atoms with Gasteiger partial charge >= 0.3 is 18.0 Å². The number of carbonyl (C=O) groups excluding carboxylic acids is 3. The Bertz CT molecular complexity index is 540. The molecule has 0 spiro atoms. The molecule has 8 nitrogen and oxygen atoms in total. The Hall–Kier alpha value is -1.83. The fourth-order valence-electron chi connectivity index (χ4n) is 2.78. The number of amides is 1. The SMILES string of the molecule is CC(C)OC(=O)[C@@H]1C[C@](NC(=O)OC(C)(C)C)(C(=O)OC(C)C)CN1C. The second kappa shape index (κ2) is 8.24. The number of carbonyl (C=O) groups is 3. The lowest BCUT2D eigenvalue weighted by Gasteiger charge is -2.30. The highest BCUT2D eigenvalue weighted by Crippen LogP contribution is 2.29. The summed E-state index contributed by atoms with van der Waals surface area (Å²) < 4.78 is 15.9. The van der Waals surface area contributed by atoms with E-state index in [0.717, 1.165) is 0 Å². The largest absolute Gasteiger partial charge is 0.462 e. The van der Waals surface area contributed by atoms with E-state index in [2.05, 4.69) is 5.32 Å². The van der Waals surface area contributed by atoms with Crippen LogP contribution in [0.25, 0.3) is 0 Å². The van der Waals surface area contributed by atoms with Gasteiger partial charge in [0.1, 0.15) is 11.6 Å². The van der Waals surface area contributed by atoms with E-state index in [4.69, 9.17) is 14.2 Å². The summed E-state index contributed by atoms with van der Waals surface area (Å²) in [6.07, 6.45) is -1.30. The summed E-state index contributed by atoms with van der Waals surface area (Å²) in [5.41, 5.74) is -2.09. The first-order valence-electron chi connectivity index (χ1n) is 8.89. The quantitative estimate of drug-likeness (QED) is 0.581. The van der Waals surface area contributed by atoms with Gasteiger partial charge in [-0.2, -0.15) is 0 Å². The maximum Gasteiger partial charge on any atom is 0.408 e. The van der Waals surface area contributed by atoms with Gasteiger partial charge in [0.05, 0.1) is 12.2 Å². The van der Waals surface area contributed by atoms with E-state index >= 15 is 0 Å². The minimum Gasteiger partial charge on any atom is -0.462 e. The number of ether oxygens (including phenoxy) is 3. The lowest BCUT2D eigenvalue weighted by Crippen LogP contribution is -2.58. The van der Waals surface area contributed by atoms with Gasteiger partial charge in [0.25, 0.3) is 0 Å². The topological polar surface area (TPSA) is 94.2 Å². The zero-order chi connectivity index (χ0) is 20.3. The van der Waals surface area contributed by atoms with Crippen molar-refractivity contribution in [1.29, 1.82) is 0 Å². The van der Waals surface area contributed by atoms with Crippen LogP contribution >= 0.6 is 0 Å². The minimum atomic E-state index is -1.37. The van der Waals surface area contributed by atoms with Gasteiger partial charge in [-0.1, -0.05) is 0 Å². The average Bonchev–Trinajstić information content (AvgIpc) is 2.73. The van der Waals surface area contributed by atoms with E-state index in [1.807, 2.05) is 0 Å². The number of nitrogens with zero attached hydrogens (tertiary/aromatic N) is 1. The van der Waals surface area contributed by atoms with Gasteiger partial charge in [-0.3, -0.25) is 9.69 Å². The van der Waals surface area contributed by atoms with Gasteiger partial charge in [0.2, 0.25) is 0 Å². The number of likely N-dealkylation sites (N-methyl/N-ethyl adjacent to an activating group) is 1. The number of alkyl carbamates (subject to hydrolysis) is 1. The molecule has 0 aromatic rings. The van der Waals surface area contributed by atoms with Crippen LogP contribution in [0, 0.1) is 0 Å². The second-order valence-electron chi connectivity index (χ2n) is 8.28. The van der Waals surface area contributed by atoms with E-state index in [1.54, 1.807) is 60.4 Å². The van der Waals surface area contributed by atoms with Gasteiger partial charge < -0.3 is 19.5 Å². The van der Waals surface area contributed by atoms with Gasteiger partial charge in [0, 0.05) is 13.0 Å². The molecule has 0 aromatic carbocycles. The molecule has 1 aliphatic heterocycles. The predicted octanol–water partition coefficient (Wildman–Crippen LogP) is 1.86. The van der Waals surface area contributed by atoms with E-state index < -0.39 is 35.2 Å². The van der Waals surface area contributed by atoms with Crippen molar-refractivity contribution in [2.24, 2.45) is 0 Å². The normalized spacial score (nSPS) is 23.8. The molecule has 2 atom stereocenters. The molecule has 0 bridgehead atoms. The second-order valence-corrected chi connectivity index (χ2v) is 8.28. The molecule has 1 N–H and O–H groups in total. The van der Waals surface area contributed by atoms with Crippen LogP contribution in [0.2, 0.25) is 0 Å². The van der Waals surface area contributed by atoms with Gasteiger partial charge in [-0.25, -0.2) is 9.59 Å². The van der Waals surface area contributed by atoms with Crippen LogP contribution in [0.3, 0.4) is 0 Å². The Labute approximate surface area is 155 Å². The Kier molecular flexibility index (Phi) is 7.04. The molecule has 0 aromatic heterocycles. The Morgan fingerprint density at radius 2 is 1.62 bits per heavy atom. The van der Waals surface area contributed by atoms with Crippen LogP contribution in [0.1, 0.15) is 54.9 Å². The molecule has 1 aliphatic rings. The van der Waals surface area contributed by atoms with Crippen LogP contribution in [-0.4, -0.2) is 65.9 Å². The van der Waals surface area contributed by atoms with Crippen molar-refractivity contribution in [1.82, 2.24) is 10.2 Å². The monoisotopic (exact) mass is 372 g/mol. The van der Waals surface area contributed by atoms with E-state index in [0.29, 0.717) is 0 Å². The molecule has 8 heteroatoms. The van der Waals surface area contributed by atoms with Crippen molar-refractivity contribution in [2.45, 2.75) is 84.3 Å². The molecule has 26 heavy (non-hydrogen) atoms. The summed E-state index contributed by atoms with van der Waals surface area (Å²) in [4.78, 5) is 39.1. The van der Waals surface area contributed by atoms with Crippen LogP contribution < -0.4 is 5.32 Å². The molecule has 1 saturated heterocycles. The van der Waals surface area contributed by atoms with Crippen LogP contribution in [0.15, 0.2) is 0 Å². The molecule has 1 fully saturated rings. The van der Waals surface area contributed by atoms with Gasteiger partial charge in [-0.05, 0) is 55.5 Å². The highest BCUT2D eigenvalue weighted by Gasteiger charge is 2.54. The first-order chi connectivity index (χ1) is 11.8. The fraction of sp³-hybridized carbons (Fsp3) is 0.833. The Balaban J connectivity index is 3.05. The Morgan fingerprint density at radius 3 is 2.08 bits per heavy atom. The number of esters is 2. The first kappa shape index (κ1) is 22.2. The van der Waals surface area contributed by atoms with Crippen molar-refractivity contribution in [2.75, 3.05) is 13.6 Å². The number of rotatable bonds is 5. The highest BCUT2D eigenvalue weighted by molar-refractivity contribution is 5.89. The lowest BCUT2D eigenvalue weighted by molar-refractivity contribution is -0.155. The third-order valence-corrected chi connectivity index (χ3v) is 3.69. The van der Waals surface area contributed by atoms with Gasteiger partial charge in [0.15, 0.2) is 5.54 Å². The van der Waals surface area contributed by atoms with E-state index in [9.17, 15) is 14.4 Å². The summed E-state index contributed by atoms with van der Waals surface area (Å²) >= 11 is 0. The maximum absolute atomic E-state index is 12.7. The van der Waals surface area contributed by atoms with Gasteiger partial charge in [-0.15, -0.1) is 0 Å². The van der Waals surface area contributed by atoms with Crippen molar-refractivity contribution < 1.29 is 28.6 Å². The number of hydrogen-bond acceptors (Lipinski definition) is 7. The van der Waals surface area contributed by atoms with Crippen molar-refractivity contribution in [3.8, 4) is 0 Å². The molecule has 0 unspecified atom stereocenters. The van der Waals surface area contributed by atoms with Crippen LogP contribution in [-0.2, 0) is 23.8 Å². The molecule has 0 saturated carbocycles. The van der Waals surface area contributed by atoms with Crippen molar-refractivity contribution >= 4 is 18.0 Å². The van der Waals surface area contributed by atoms with Crippen molar-refractivity contribution in [3.63, 3.8) is 0 Å². The molecule has 0 aliphatic carbocycles. The number of hydrogen-bond donors (Lipinski definition) is 1. The Morgan fingerprint density at radius 1 is 1.08 bits per heavy atom. The zero-order valence-corrected chi connectivity index (χ0v) is 17.0. The molecule has 150 valence electrons. The predicted molar refractivity (Wildman–Crippen MR) is 95.6 cm³/mol. The maximum atomic E-state index is 12.7.